The second-order valence-corrected chi connectivity index (χ2v) is 5.17. The maximum Gasteiger partial charge on any atom is 0.141 e. The van der Waals surface area contributed by atoms with Crippen LogP contribution in [-0.2, 0) is 17.6 Å². The molecule has 0 aliphatic heterocycles. The highest BCUT2D eigenvalue weighted by Crippen LogP contribution is 2.17. The van der Waals surface area contributed by atoms with E-state index in [1.807, 2.05) is 42.5 Å². The molecule has 0 N–H and O–H groups in total. The molecule has 0 fully saturated rings. The number of Topliss-reactive ketones (excluding diaryl/α,β-unsaturated/α-hetero) is 1. The van der Waals surface area contributed by atoms with Crippen LogP contribution < -0.4 is 0 Å². The number of carbonyl (C=O) groups is 1. The predicted molar refractivity (Wildman–Crippen MR) is 82.8 cm³/mol. The van der Waals surface area contributed by atoms with E-state index in [-0.39, 0.29) is 18.0 Å². The van der Waals surface area contributed by atoms with Crippen LogP contribution in [0.1, 0.15) is 11.1 Å². The van der Waals surface area contributed by atoms with E-state index in [0.29, 0.717) is 12.0 Å². The molecule has 3 aromatic carbocycles. The predicted octanol–water partition coefficient (Wildman–Crippen LogP) is 4.33. The second-order valence-electron chi connectivity index (χ2n) is 5.17. The Morgan fingerprint density at radius 1 is 0.810 bits per heavy atom. The number of fused-ring (bicyclic) bond motifs is 1. The van der Waals surface area contributed by atoms with Crippen molar-refractivity contribution < 1.29 is 9.18 Å². The number of benzene rings is 3. The summed E-state index contributed by atoms with van der Waals surface area (Å²) in [4.78, 5) is 12.1. The molecule has 0 amide bonds. The summed E-state index contributed by atoms with van der Waals surface area (Å²) in [6.07, 6.45) is 0.471. The van der Waals surface area contributed by atoms with Crippen LogP contribution in [0.5, 0.6) is 0 Å². The number of rotatable bonds is 4. The molecule has 0 atom stereocenters. The summed E-state index contributed by atoms with van der Waals surface area (Å²) in [5, 5.41) is 2.27. The molecular formula is C19H15FO. The van der Waals surface area contributed by atoms with E-state index in [1.165, 1.54) is 6.07 Å². The minimum absolute atomic E-state index is 0.0235. The van der Waals surface area contributed by atoms with Gasteiger partial charge in [-0.25, -0.2) is 4.39 Å². The molecule has 0 saturated heterocycles. The van der Waals surface area contributed by atoms with Crippen LogP contribution in [0.2, 0.25) is 0 Å². The van der Waals surface area contributed by atoms with Crippen molar-refractivity contribution in [1.29, 1.82) is 0 Å². The van der Waals surface area contributed by atoms with E-state index < -0.39 is 0 Å². The molecule has 3 aromatic rings. The van der Waals surface area contributed by atoms with Gasteiger partial charge in [0, 0.05) is 12.8 Å². The number of hydrogen-bond donors (Lipinski definition) is 0. The Morgan fingerprint density at radius 2 is 1.52 bits per heavy atom. The van der Waals surface area contributed by atoms with Gasteiger partial charge in [-0.05, 0) is 28.0 Å². The first-order valence-corrected chi connectivity index (χ1v) is 6.95. The number of hydrogen-bond acceptors (Lipinski definition) is 1. The first-order chi connectivity index (χ1) is 10.2. The third-order valence-corrected chi connectivity index (χ3v) is 3.56. The molecule has 1 nitrogen and oxygen atoms in total. The van der Waals surface area contributed by atoms with Gasteiger partial charge in [0.25, 0.3) is 0 Å². The van der Waals surface area contributed by atoms with Crippen LogP contribution >= 0.6 is 0 Å². The van der Waals surface area contributed by atoms with E-state index in [1.54, 1.807) is 18.2 Å². The van der Waals surface area contributed by atoms with Crippen LogP contribution in [0.3, 0.4) is 0 Å². The summed E-state index contributed by atoms with van der Waals surface area (Å²) in [5.74, 6) is -0.292. The molecular weight excluding hydrogens is 263 g/mol. The first kappa shape index (κ1) is 13.5. The highest BCUT2D eigenvalue weighted by Gasteiger charge is 2.09. The largest absolute Gasteiger partial charge is 0.299 e. The van der Waals surface area contributed by atoms with Gasteiger partial charge in [-0.2, -0.15) is 0 Å². The molecule has 0 spiro atoms. The minimum Gasteiger partial charge on any atom is -0.299 e. The Hall–Kier alpha value is -2.48. The zero-order valence-corrected chi connectivity index (χ0v) is 11.6. The van der Waals surface area contributed by atoms with Crippen molar-refractivity contribution in [3.63, 3.8) is 0 Å². The molecule has 0 heterocycles. The summed E-state index contributed by atoms with van der Waals surface area (Å²) in [5.41, 5.74) is 1.43. The molecule has 0 bridgehead atoms. The Bertz CT molecular complexity index is 792. The molecule has 0 aliphatic carbocycles. The van der Waals surface area contributed by atoms with Gasteiger partial charge >= 0.3 is 0 Å². The molecule has 0 radical (unpaired) electrons. The first-order valence-electron chi connectivity index (χ1n) is 6.95. The van der Waals surface area contributed by atoms with Gasteiger partial charge in [0.05, 0.1) is 0 Å². The average molecular weight is 278 g/mol. The lowest BCUT2D eigenvalue weighted by atomic mass is 10.00. The zero-order valence-electron chi connectivity index (χ0n) is 11.6. The van der Waals surface area contributed by atoms with Crippen molar-refractivity contribution in [2.24, 2.45) is 0 Å². The van der Waals surface area contributed by atoms with Crippen molar-refractivity contribution in [2.45, 2.75) is 12.8 Å². The molecule has 0 aromatic heterocycles. The van der Waals surface area contributed by atoms with Crippen molar-refractivity contribution in [3.8, 4) is 0 Å². The third kappa shape index (κ3) is 3.16. The maximum atomic E-state index is 13.5. The van der Waals surface area contributed by atoms with Gasteiger partial charge in [-0.15, -0.1) is 0 Å². The molecule has 104 valence electrons. The fraction of sp³-hybridized carbons (Fsp3) is 0.105. The van der Waals surface area contributed by atoms with Crippen LogP contribution in [-0.4, -0.2) is 5.78 Å². The van der Waals surface area contributed by atoms with Gasteiger partial charge in [-0.1, -0.05) is 60.7 Å². The lowest BCUT2D eigenvalue weighted by Gasteiger charge is -2.05. The van der Waals surface area contributed by atoms with E-state index in [2.05, 4.69) is 0 Å². The van der Waals surface area contributed by atoms with Gasteiger partial charge in [-0.3, -0.25) is 4.79 Å². The smallest absolute Gasteiger partial charge is 0.141 e. The van der Waals surface area contributed by atoms with Crippen molar-refractivity contribution in [2.75, 3.05) is 0 Å². The summed E-state index contributed by atoms with van der Waals surface area (Å²) in [7, 11) is 0. The molecule has 0 aliphatic rings. The molecule has 0 saturated carbocycles. The van der Waals surface area contributed by atoms with Gasteiger partial charge in [0.15, 0.2) is 0 Å². The average Bonchev–Trinajstić information content (AvgIpc) is 2.49. The monoisotopic (exact) mass is 278 g/mol. The minimum atomic E-state index is -0.315. The molecule has 21 heavy (non-hydrogen) atoms. The van der Waals surface area contributed by atoms with Crippen LogP contribution in [0.15, 0.2) is 66.7 Å². The van der Waals surface area contributed by atoms with Crippen molar-refractivity contribution in [1.82, 2.24) is 0 Å². The van der Waals surface area contributed by atoms with E-state index in [4.69, 9.17) is 0 Å². The zero-order chi connectivity index (χ0) is 14.7. The van der Waals surface area contributed by atoms with Crippen LogP contribution in [0.4, 0.5) is 4.39 Å². The lowest BCUT2D eigenvalue weighted by Crippen LogP contribution is -2.07. The summed E-state index contributed by atoms with van der Waals surface area (Å²) >= 11 is 0. The summed E-state index contributed by atoms with van der Waals surface area (Å²) in [6.45, 7) is 0. The number of halogens is 1. The molecule has 2 heteroatoms. The number of ketones is 1. The van der Waals surface area contributed by atoms with Crippen molar-refractivity contribution >= 4 is 16.6 Å². The third-order valence-electron chi connectivity index (χ3n) is 3.56. The van der Waals surface area contributed by atoms with Crippen LogP contribution in [0.25, 0.3) is 10.8 Å². The topological polar surface area (TPSA) is 17.1 Å². The standard InChI is InChI=1S/C19H15FO/c20-19-8-4-3-7-17(19)13-18(21)12-14-9-10-15-5-1-2-6-16(15)11-14/h1-11H,12-13H2. The number of carbonyl (C=O) groups excluding carboxylic acids is 1. The highest BCUT2D eigenvalue weighted by atomic mass is 19.1. The molecule has 0 unspecified atom stereocenters. The van der Waals surface area contributed by atoms with Gasteiger partial charge < -0.3 is 0 Å². The van der Waals surface area contributed by atoms with Gasteiger partial charge in [0.1, 0.15) is 11.6 Å². The van der Waals surface area contributed by atoms with E-state index >= 15 is 0 Å². The summed E-state index contributed by atoms with van der Waals surface area (Å²) in [6, 6.07) is 20.5. The van der Waals surface area contributed by atoms with Gasteiger partial charge in [0.2, 0.25) is 0 Å². The van der Waals surface area contributed by atoms with E-state index in [9.17, 15) is 9.18 Å². The highest BCUT2D eigenvalue weighted by molar-refractivity contribution is 5.87. The summed E-state index contributed by atoms with van der Waals surface area (Å²) < 4.78 is 13.5. The quantitative estimate of drug-likeness (QED) is 0.694. The fourth-order valence-electron chi connectivity index (χ4n) is 2.49. The van der Waals surface area contributed by atoms with Crippen molar-refractivity contribution in [3.05, 3.63) is 83.7 Å². The maximum absolute atomic E-state index is 13.5. The molecule has 3 rings (SSSR count). The SMILES string of the molecule is O=C(Cc1ccc2ccccc2c1)Cc1ccccc1F. The normalized spacial score (nSPS) is 10.7. The lowest BCUT2D eigenvalue weighted by molar-refractivity contribution is -0.117. The Morgan fingerprint density at radius 3 is 2.33 bits per heavy atom. The Balaban J connectivity index is 1.75. The Labute approximate surface area is 123 Å². The Kier molecular flexibility index (Phi) is 3.78. The fourth-order valence-corrected chi connectivity index (χ4v) is 2.49. The second kappa shape index (κ2) is 5.88. The van der Waals surface area contributed by atoms with Crippen LogP contribution in [0, 0.1) is 5.82 Å². The van der Waals surface area contributed by atoms with E-state index in [0.717, 1.165) is 16.3 Å².